The van der Waals surface area contributed by atoms with Gasteiger partial charge in [0.1, 0.15) is 5.75 Å². The highest BCUT2D eigenvalue weighted by Gasteiger charge is 2.09. The normalized spacial score (nSPS) is 10.5. The van der Waals surface area contributed by atoms with Crippen molar-refractivity contribution in [3.63, 3.8) is 0 Å². The second-order valence-corrected chi connectivity index (χ2v) is 5.98. The number of nitrogens with one attached hydrogen (secondary N) is 1. The van der Waals surface area contributed by atoms with Crippen molar-refractivity contribution in [1.29, 1.82) is 0 Å². The van der Waals surface area contributed by atoms with E-state index in [-0.39, 0.29) is 18.1 Å². The highest BCUT2D eigenvalue weighted by atomic mass is 32.1. The Balaban J connectivity index is 1.68. The second kappa shape index (κ2) is 6.58. The predicted octanol–water partition coefficient (Wildman–Crippen LogP) is 3.40. The molecule has 0 aliphatic rings. The molecule has 116 valence electrons. The molecule has 0 unspecified atom stereocenters. The lowest BCUT2D eigenvalue weighted by Gasteiger charge is -2.02. The van der Waals surface area contributed by atoms with Crippen molar-refractivity contribution in [1.82, 2.24) is 9.97 Å². The van der Waals surface area contributed by atoms with Crippen molar-refractivity contribution in [2.24, 2.45) is 0 Å². The Morgan fingerprint density at radius 1 is 1.30 bits per heavy atom. The maximum absolute atomic E-state index is 12.1. The lowest BCUT2D eigenvalue weighted by molar-refractivity contribution is -0.115. The summed E-state index contributed by atoms with van der Waals surface area (Å²) in [5.41, 5.74) is 3.46. The van der Waals surface area contributed by atoms with Gasteiger partial charge in [0.25, 0.3) is 0 Å². The van der Waals surface area contributed by atoms with Crippen molar-refractivity contribution < 1.29 is 9.90 Å². The van der Waals surface area contributed by atoms with Crippen LogP contribution in [0.3, 0.4) is 0 Å². The molecule has 2 heterocycles. The summed E-state index contributed by atoms with van der Waals surface area (Å²) in [4.78, 5) is 20.6. The number of rotatable bonds is 4. The van der Waals surface area contributed by atoms with E-state index in [9.17, 15) is 9.90 Å². The lowest BCUT2D eigenvalue weighted by Crippen LogP contribution is -2.14. The zero-order chi connectivity index (χ0) is 16.2. The van der Waals surface area contributed by atoms with E-state index in [0.29, 0.717) is 5.13 Å². The fraction of sp³-hybridized carbons (Fsp3) is 0.118. The van der Waals surface area contributed by atoms with Crippen LogP contribution in [-0.2, 0) is 11.2 Å². The third-order valence-electron chi connectivity index (χ3n) is 3.22. The first-order valence-corrected chi connectivity index (χ1v) is 7.94. The van der Waals surface area contributed by atoms with Crippen molar-refractivity contribution in [2.45, 2.75) is 13.3 Å². The van der Waals surface area contributed by atoms with Crippen LogP contribution in [0, 0.1) is 6.92 Å². The minimum absolute atomic E-state index is 0.153. The van der Waals surface area contributed by atoms with Crippen LogP contribution in [0.1, 0.15) is 11.3 Å². The maximum atomic E-state index is 12.1. The third kappa shape index (κ3) is 3.92. The molecule has 0 fully saturated rings. The summed E-state index contributed by atoms with van der Waals surface area (Å²) in [5, 5.41) is 14.7. The number of pyridine rings is 1. The van der Waals surface area contributed by atoms with Gasteiger partial charge in [0.05, 0.1) is 12.1 Å². The number of aromatic nitrogens is 2. The molecule has 0 aliphatic heterocycles. The first-order chi connectivity index (χ1) is 11.1. The number of carbonyl (C=O) groups is 1. The molecule has 0 saturated heterocycles. The van der Waals surface area contributed by atoms with Crippen LogP contribution in [0.25, 0.3) is 11.3 Å². The molecule has 1 aromatic carbocycles. The van der Waals surface area contributed by atoms with Gasteiger partial charge in [-0.05, 0) is 36.8 Å². The van der Waals surface area contributed by atoms with E-state index in [1.54, 1.807) is 30.5 Å². The molecule has 23 heavy (non-hydrogen) atoms. The third-order valence-corrected chi connectivity index (χ3v) is 3.98. The summed E-state index contributed by atoms with van der Waals surface area (Å²) >= 11 is 1.38. The molecule has 3 rings (SSSR count). The molecule has 5 nitrogen and oxygen atoms in total. The summed E-state index contributed by atoms with van der Waals surface area (Å²) in [6.07, 6.45) is 1.93. The van der Waals surface area contributed by atoms with Crippen LogP contribution in [0.5, 0.6) is 5.75 Å². The first-order valence-electron chi connectivity index (χ1n) is 7.06. The molecule has 0 spiro atoms. The number of phenols is 1. The van der Waals surface area contributed by atoms with Gasteiger partial charge in [0.2, 0.25) is 5.91 Å². The summed E-state index contributed by atoms with van der Waals surface area (Å²) in [5.74, 6) is -0.0118. The quantitative estimate of drug-likeness (QED) is 0.771. The molecule has 2 aromatic heterocycles. The number of carbonyl (C=O) groups excluding carboxylic acids is 1. The van der Waals surface area contributed by atoms with Gasteiger partial charge in [-0.2, -0.15) is 0 Å². The largest absolute Gasteiger partial charge is 0.508 e. The average Bonchev–Trinajstić information content (AvgIpc) is 2.95. The lowest BCUT2D eigenvalue weighted by atomic mass is 10.1. The highest BCUT2D eigenvalue weighted by Crippen LogP contribution is 2.25. The Kier molecular flexibility index (Phi) is 4.34. The van der Waals surface area contributed by atoms with E-state index in [1.165, 1.54) is 11.3 Å². The summed E-state index contributed by atoms with van der Waals surface area (Å²) < 4.78 is 0. The van der Waals surface area contributed by atoms with E-state index >= 15 is 0 Å². The fourth-order valence-electron chi connectivity index (χ4n) is 2.18. The molecule has 0 atom stereocenters. The van der Waals surface area contributed by atoms with Gasteiger partial charge in [0, 0.05) is 22.8 Å². The standard InChI is InChI=1S/C17H15N3O2S/c1-11-7-13(5-6-18-11)15-10-23-17(19-15)20-16(22)9-12-3-2-4-14(21)8-12/h2-8,10,21H,9H2,1H3,(H,19,20,22). The van der Waals surface area contributed by atoms with E-state index in [4.69, 9.17) is 0 Å². The Labute approximate surface area is 137 Å². The Morgan fingerprint density at radius 2 is 2.17 bits per heavy atom. The number of nitrogens with zero attached hydrogens (tertiary/aromatic N) is 2. The first kappa shape index (κ1) is 15.2. The molecule has 0 aliphatic carbocycles. The highest BCUT2D eigenvalue weighted by molar-refractivity contribution is 7.14. The predicted molar refractivity (Wildman–Crippen MR) is 90.5 cm³/mol. The number of phenolic OH excluding ortho intramolecular Hbond substituents is 1. The zero-order valence-electron chi connectivity index (χ0n) is 12.5. The minimum atomic E-state index is -0.164. The van der Waals surface area contributed by atoms with Gasteiger partial charge in [-0.3, -0.25) is 9.78 Å². The van der Waals surface area contributed by atoms with Gasteiger partial charge >= 0.3 is 0 Å². The van der Waals surface area contributed by atoms with Gasteiger partial charge in [-0.15, -0.1) is 11.3 Å². The van der Waals surface area contributed by atoms with Crippen LogP contribution in [0.15, 0.2) is 48.0 Å². The molecular formula is C17H15N3O2S. The zero-order valence-corrected chi connectivity index (χ0v) is 13.3. The summed E-state index contributed by atoms with van der Waals surface area (Å²) in [7, 11) is 0. The molecule has 1 amide bonds. The number of aromatic hydroxyl groups is 1. The van der Waals surface area contributed by atoms with E-state index < -0.39 is 0 Å². The van der Waals surface area contributed by atoms with Crippen LogP contribution in [0.2, 0.25) is 0 Å². The molecule has 0 saturated carbocycles. The number of hydrogen-bond acceptors (Lipinski definition) is 5. The van der Waals surface area contributed by atoms with Crippen molar-refractivity contribution in [3.8, 4) is 17.0 Å². The molecular weight excluding hydrogens is 310 g/mol. The Bertz CT molecular complexity index is 845. The number of aryl methyl sites for hydroxylation is 1. The molecule has 2 N–H and O–H groups in total. The van der Waals surface area contributed by atoms with Crippen molar-refractivity contribution in [3.05, 3.63) is 59.2 Å². The second-order valence-electron chi connectivity index (χ2n) is 5.12. The number of hydrogen-bond donors (Lipinski definition) is 2. The van der Waals surface area contributed by atoms with Gasteiger partial charge in [-0.25, -0.2) is 4.98 Å². The molecule has 0 radical (unpaired) electrons. The maximum Gasteiger partial charge on any atom is 0.230 e. The summed E-state index contributed by atoms with van der Waals surface area (Å²) in [6, 6.07) is 10.5. The Morgan fingerprint density at radius 3 is 2.96 bits per heavy atom. The van der Waals surface area contributed by atoms with Crippen LogP contribution < -0.4 is 5.32 Å². The summed E-state index contributed by atoms with van der Waals surface area (Å²) in [6.45, 7) is 1.92. The van der Waals surface area contributed by atoms with Crippen molar-refractivity contribution in [2.75, 3.05) is 5.32 Å². The van der Waals surface area contributed by atoms with Gasteiger partial charge in [0.15, 0.2) is 5.13 Å². The van der Waals surface area contributed by atoms with Crippen LogP contribution in [-0.4, -0.2) is 21.0 Å². The number of benzene rings is 1. The average molecular weight is 325 g/mol. The van der Waals surface area contributed by atoms with Crippen LogP contribution >= 0.6 is 11.3 Å². The number of amides is 1. The SMILES string of the molecule is Cc1cc(-c2csc(NC(=O)Cc3cccc(O)c3)n2)ccn1. The van der Waals surface area contributed by atoms with E-state index in [0.717, 1.165) is 22.5 Å². The number of thiazole rings is 1. The van der Waals surface area contributed by atoms with Crippen LogP contribution in [0.4, 0.5) is 5.13 Å². The fourth-order valence-corrected chi connectivity index (χ4v) is 2.92. The van der Waals surface area contributed by atoms with E-state index in [2.05, 4.69) is 15.3 Å². The molecule has 6 heteroatoms. The number of anilines is 1. The van der Waals surface area contributed by atoms with Gasteiger partial charge < -0.3 is 10.4 Å². The smallest absolute Gasteiger partial charge is 0.230 e. The van der Waals surface area contributed by atoms with Crippen molar-refractivity contribution >= 4 is 22.4 Å². The van der Waals surface area contributed by atoms with E-state index in [1.807, 2.05) is 24.4 Å². The topological polar surface area (TPSA) is 75.1 Å². The van der Waals surface area contributed by atoms with Gasteiger partial charge in [-0.1, -0.05) is 12.1 Å². The molecule has 0 bridgehead atoms. The Hall–Kier alpha value is -2.73. The minimum Gasteiger partial charge on any atom is -0.508 e. The molecule has 3 aromatic rings. The monoisotopic (exact) mass is 325 g/mol.